The van der Waals surface area contributed by atoms with Gasteiger partial charge in [-0.15, -0.1) is 24.0 Å². The highest BCUT2D eigenvalue weighted by Gasteiger charge is 2.22. The summed E-state index contributed by atoms with van der Waals surface area (Å²) in [4.78, 5) is 4.41. The Bertz CT molecular complexity index is 419. The van der Waals surface area contributed by atoms with Crippen LogP contribution in [0.3, 0.4) is 0 Å². The highest BCUT2D eigenvalue weighted by Crippen LogP contribution is 2.30. The number of hydrogen-bond acceptors (Lipinski definition) is 1. The van der Waals surface area contributed by atoms with Crippen LogP contribution in [0.15, 0.2) is 33.7 Å². The molecule has 0 fully saturated rings. The van der Waals surface area contributed by atoms with Gasteiger partial charge in [-0.2, -0.15) is 0 Å². The van der Waals surface area contributed by atoms with Gasteiger partial charge in [0.15, 0.2) is 5.96 Å². The second-order valence-electron chi connectivity index (χ2n) is 4.99. The maximum Gasteiger partial charge on any atom is 0.188 e. The van der Waals surface area contributed by atoms with Crippen molar-refractivity contribution in [3.63, 3.8) is 0 Å². The summed E-state index contributed by atoms with van der Waals surface area (Å²) >= 11 is 3.59. The number of hydrogen-bond donors (Lipinski definition) is 2. The first-order valence-corrected chi connectivity index (χ1v) is 7.05. The minimum atomic E-state index is -0.0430. The van der Waals surface area contributed by atoms with Gasteiger partial charge in [-0.05, 0) is 18.1 Å². The first-order valence-electron chi connectivity index (χ1n) is 6.26. The molecule has 0 amide bonds. The van der Waals surface area contributed by atoms with E-state index in [4.69, 9.17) is 5.73 Å². The van der Waals surface area contributed by atoms with Crippen LogP contribution in [-0.4, -0.2) is 19.0 Å². The van der Waals surface area contributed by atoms with Crippen LogP contribution in [0.1, 0.15) is 32.8 Å². The summed E-state index contributed by atoms with van der Waals surface area (Å²) in [5, 5.41) is 3.09. The Kier molecular flexibility index (Phi) is 8.65. The molecule has 0 saturated heterocycles. The molecule has 1 aromatic carbocycles. The smallest absolute Gasteiger partial charge is 0.188 e. The van der Waals surface area contributed by atoms with E-state index in [-0.39, 0.29) is 29.4 Å². The molecule has 0 saturated carbocycles. The zero-order chi connectivity index (χ0) is 13.6. The van der Waals surface area contributed by atoms with Crippen molar-refractivity contribution in [3.05, 3.63) is 34.3 Å². The minimum absolute atomic E-state index is 0. The molecule has 3 nitrogen and oxygen atoms in total. The van der Waals surface area contributed by atoms with Crippen molar-refractivity contribution in [2.45, 2.75) is 32.6 Å². The Morgan fingerprint density at radius 1 is 1.37 bits per heavy atom. The van der Waals surface area contributed by atoms with Gasteiger partial charge in [-0.25, -0.2) is 0 Å². The van der Waals surface area contributed by atoms with E-state index in [0.717, 1.165) is 17.4 Å². The lowest BCUT2D eigenvalue weighted by Crippen LogP contribution is -2.34. The lowest BCUT2D eigenvalue weighted by atomic mass is 9.85. The first-order chi connectivity index (χ1) is 8.47. The predicted molar refractivity (Wildman–Crippen MR) is 97.4 cm³/mol. The Balaban J connectivity index is 0.00000324. The molecule has 0 heterocycles. The number of nitrogens with two attached hydrogens (primary N) is 1. The van der Waals surface area contributed by atoms with Crippen LogP contribution in [0.2, 0.25) is 0 Å². The van der Waals surface area contributed by atoms with Crippen molar-refractivity contribution in [2.75, 3.05) is 13.1 Å². The highest BCUT2D eigenvalue weighted by molar-refractivity contribution is 14.0. The van der Waals surface area contributed by atoms with Gasteiger partial charge in [0, 0.05) is 16.4 Å². The van der Waals surface area contributed by atoms with Crippen LogP contribution in [0.5, 0.6) is 0 Å². The molecule has 0 atom stereocenters. The third-order valence-corrected chi connectivity index (χ3v) is 3.50. The van der Waals surface area contributed by atoms with Gasteiger partial charge >= 0.3 is 0 Å². The van der Waals surface area contributed by atoms with E-state index in [2.05, 4.69) is 59.1 Å². The summed E-state index contributed by atoms with van der Waals surface area (Å²) in [6, 6.07) is 8.24. The van der Waals surface area contributed by atoms with Gasteiger partial charge in [0.05, 0.1) is 6.54 Å². The second-order valence-corrected chi connectivity index (χ2v) is 5.85. The summed E-state index contributed by atoms with van der Waals surface area (Å²) in [6.45, 7) is 7.97. The van der Waals surface area contributed by atoms with Crippen molar-refractivity contribution in [1.82, 2.24) is 5.32 Å². The predicted octanol–water partition coefficient (Wildman–Crippen LogP) is 3.66. The van der Waals surface area contributed by atoms with Crippen molar-refractivity contribution < 1.29 is 0 Å². The lowest BCUT2D eigenvalue weighted by molar-refractivity contribution is 0.536. The quantitative estimate of drug-likeness (QED) is 0.418. The molecule has 0 aliphatic heterocycles. The molecule has 0 aliphatic rings. The Hall–Kier alpha value is -0.300. The third-order valence-electron chi connectivity index (χ3n) is 2.80. The van der Waals surface area contributed by atoms with Crippen molar-refractivity contribution in [1.29, 1.82) is 0 Å². The molecule has 0 spiro atoms. The van der Waals surface area contributed by atoms with E-state index in [1.165, 1.54) is 5.56 Å². The maximum absolute atomic E-state index is 5.81. The summed E-state index contributed by atoms with van der Waals surface area (Å²) in [5.74, 6) is 0.525. The van der Waals surface area contributed by atoms with Crippen molar-refractivity contribution >= 4 is 45.9 Å². The van der Waals surface area contributed by atoms with Crippen molar-refractivity contribution in [2.24, 2.45) is 10.7 Å². The molecule has 0 bridgehead atoms. The van der Waals surface area contributed by atoms with Crippen LogP contribution in [0.4, 0.5) is 0 Å². The fourth-order valence-corrected chi connectivity index (χ4v) is 2.51. The van der Waals surface area contributed by atoms with Crippen LogP contribution in [0, 0.1) is 0 Å². The van der Waals surface area contributed by atoms with E-state index >= 15 is 0 Å². The largest absolute Gasteiger partial charge is 0.370 e. The number of benzene rings is 1. The molecule has 3 N–H and O–H groups in total. The molecule has 0 unspecified atom stereocenters. The molecule has 108 valence electrons. The molecule has 0 radical (unpaired) electrons. The minimum Gasteiger partial charge on any atom is -0.370 e. The second kappa shape index (κ2) is 8.79. The zero-order valence-electron chi connectivity index (χ0n) is 11.7. The van der Waals surface area contributed by atoms with Gasteiger partial charge in [-0.1, -0.05) is 54.9 Å². The van der Waals surface area contributed by atoms with Crippen molar-refractivity contribution in [3.8, 4) is 0 Å². The summed E-state index contributed by atoms with van der Waals surface area (Å²) in [6.07, 6.45) is 1.05. The normalized spacial score (nSPS) is 11.9. The molecule has 5 heteroatoms. The number of rotatable bonds is 5. The van der Waals surface area contributed by atoms with Crippen LogP contribution < -0.4 is 11.1 Å². The topological polar surface area (TPSA) is 50.4 Å². The third kappa shape index (κ3) is 6.12. The standard InChI is InChI=1S/C14H22BrN3.HI/c1-4-9-17-13(16)18-10-14(2,3)11-7-5-6-8-12(11)15;/h5-8H,4,9-10H2,1-3H3,(H3,16,17,18);1H. The van der Waals surface area contributed by atoms with Gasteiger partial charge in [0.25, 0.3) is 0 Å². The average Bonchev–Trinajstić information content (AvgIpc) is 2.34. The van der Waals surface area contributed by atoms with E-state index < -0.39 is 0 Å². The Morgan fingerprint density at radius 3 is 2.58 bits per heavy atom. The molecular weight excluding hydrogens is 417 g/mol. The Labute approximate surface area is 141 Å². The lowest BCUT2D eigenvalue weighted by Gasteiger charge is -2.24. The van der Waals surface area contributed by atoms with E-state index in [1.807, 2.05) is 12.1 Å². The molecule has 1 rings (SSSR count). The Morgan fingerprint density at radius 2 is 2.00 bits per heavy atom. The molecular formula is C14H23BrIN3. The number of aliphatic imine (C=N–C) groups is 1. The first kappa shape index (κ1) is 18.7. The monoisotopic (exact) mass is 439 g/mol. The average molecular weight is 440 g/mol. The fourth-order valence-electron chi connectivity index (χ4n) is 1.69. The maximum atomic E-state index is 5.81. The highest BCUT2D eigenvalue weighted by atomic mass is 127. The molecule has 1 aromatic rings. The van der Waals surface area contributed by atoms with E-state index in [9.17, 15) is 0 Å². The number of halogens is 2. The summed E-state index contributed by atoms with van der Waals surface area (Å²) in [7, 11) is 0. The van der Waals surface area contributed by atoms with Gasteiger partial charge < -0.3 is 11.1 Å². The molecule has 19 heavy (non-hydrogen) atoms. The zero-order valence-corrected chi connectivity index (χ0v) is 15.7. The van der Waals surface area contributed by atoms with Gasteiger partial charge in [0.2, 0.25) is 0 Å². The number of nitrogens with zero attached hydrogens (tertiary/aromatic N) is 1. The van der Waals surface area contributed by atoms with Gasteiger partial charge in [0.1, 0.15) is 0 Å². The summed E-state index contributed by atoms with van der Waals surface area (Å²) in [5.41, 5.74) is 7.01. The van der Waals surface area contributed by atoms with Gasteiger partial charge in [-0.3, -0.25) is 4.99 Å². The summed E-state index contributed by atoms with van der Waals surface area (Å²) < 4.78 is 1.12. The van der Waals surface area contributed by atoms with Crippen LogP contribution in [0.25, 0.3) is 0 Å². The molecule has 0 aliphatic carbocycles. The van der Waals surface area contributed by atoms with Crippen LogP contribution >= 0.6 is 39.9 Å². The van der Waals surface area contributed by atoms with Crippen LogP contribution in [-0.2, 0) is 5.41 Å². The number of guanidine groups is 1. The SMILES string of the molecule is CCCNC(N)=NCC(C)(C)c1ccccc1Br.I. The number of nitrogens with one attached hydrogen (secondary N) is 1. The fraction of sp³-hybridized carbons (Fsp3) is 0.500. The molecule has 0 aromatic heterocycles. The van der Waals surface area contributed by atoms with E-state index in [1.54, 1.807) is 0 Å². The van der Waals surface area contributed by atoms with E-state index in [0.29, 0.717) is 12.5 Å².